The van der Waals surface area contributed by atoms with Crippen molar-refractivity contribution in [1.29, 1.82) is 0 Å². The Hall–Kier alpha value is -1.55. The fraction of sp³-hybridized carbons (Fsp3) is 0.286. The molecule has 1 heterocycles. The van der Waals surface area contributed by atoms with Gasteiger partial charge in [-0.2, -0.15) is 0 Å². The number of nitrogens with two attached hydrogens (primary N) is 1. The standard InChI is InChI=1S/C7H7F3N2O4S/c1-3-6(16-7(8,9)10)4(17(11,14)15)2-5(13)12-3/h2H,1H3,(H,12,13)(H2,11,14,15). The van der Waals surface area contributed by atoms with Crippen molar-refractivity contribution in [2.45, 2.75) is 18.2 Å². The van der Waals surface area contributed by atoms with Crippen molar-refractivity contribution in [2.24, 2.45) is 5.14 Å². The van der Waals surface area contributed by atoms with E-state index in [9.17, 15) is 26.4 Å². The number of rotatable bonds is 2. The Labute approximate surface area is 93.3 Å². The molecule has 0 aliphatic carbocycles. The predicted molar refractivity (Wildman–Crippen MR) is 49.9 cm³/mol. The molecule has 0 aliphatic rings. The summed E-state index contributed by atoms with van der Waals surface area (Å²) in [6.45, 7) is 1.05. The van der Waals surface area contributed by atoms with Crippen LogP contribution in [0.15, 0.2) is 15.8 Å². The highest BCUT2D eigenvalue weighted by molar-refractivity contribution is 7.89. The Kier molecular flexibility index (Phi) is 3.21. The minimum absolute atomic E-state index is 0.390. The van der Waals surface area contributed by atoms with Crippen LogP contribution in [0.25, 0.3) is 0 Å². The van der Waals surface area contributed by atoms with Crippen LogP contribution in [0.3, 0.4) is 0 Å². The van der Waals surface area contributed by atoms with Gasteiger partial charge in [-0.3, -0.25) is 4.79 Å². The number of H-pyrrole nitrogens is 1. The number of aromatic nitrogens is 1. The molecule has 0 radical (unpaired) electrons. The molecule has 0 saturated carbocycles. The van der Waals surface area contributed by atoms with Gasteiger partial charge in [0.15, 0.2) is 5.75 Å². The first-order valence-corrected chi connectivity index (χ1v) is 5.58. The molecule has 0 fully saturated rings. The number of aryl methyl sites for hydroxylation is 1. The van der Waals surface area contributed by atoms with Gasteiger partial charge in [-0.25, -0.2) is 13.6 Å². The number of pyridine rings is 1. The second kappa shape index (κ2) is 4.04. The molecule has 10 heteroatoms. The fourth-order valence-electron chi connectivity index (χ4n) is 1.10. The Morgan fingerprint density at radius 3 is 2.35 bits per heavy atom. The van der Waals surface area contributed by atoms with Crippen LogP contribution in [-0.2, 0) is 10.0 Å². The van der Waals surface area contributed by atoms with Crippen LogP contribution in [0.1, 0.15) is 5.69 Å². The summed E-state index contributed by atoms with van der Waals surface area (Å²) in [7, 11) is -4.50. The van der Waals surface area contributed by atoms with E-state index in [0.29, 0.717) is 6.07 Å². The van der Waals surface area contributed by atoms with E-state index >= 15 is 0 Å². The minimum Gasteiger partial charge on any atom is -0.402 e. The smallest absolute Gasteiger partial charge is 0.402 e. The average Bonchev–Trinajstić information content (AvgIpc) is 2.05. The molecular formula is C7H7F3N2O4S. The van der Waals surface area contributed by atoms with E-state index in [0.717, 1.165) is 6.92 Å². The van der Waals surface area contributed by atoms with E-state index in [1.165, 1.54) is 0 Å². The van der Waals surface area contributed by atoms with Crippen molar-refractivity contribution in [2.75, 3.05) is 0 Å². The van der Waals surface area contributed by atoms with E-state index in [4.69, 9.17) is 0 Å². The summed E-state index contributed by atoms with van der Waals surface area (Å²) in [6.07, 6.45) is -5.09. The summed E-state index contributed by atoms with van der Waals surface area (Å²) < 4.78 is 61.7. The van der Waals surface area contributed by atoms with E-state index in [1.807, 2.05) is 4.98 Å². The molecule has 0 aliphatic heterocycles. The van der Waals surface area contributed by atoms with Crippen LogP contribution in [0.5, 0.6) is 5.75 Å². The van der Waals surface area contributed by atoms with Crippen LogP contribution in [0, 0.1) is 6.92 Å². The summed E-state index contributed by atoms with van der Waals surface area (Å²) in [5.41, 5.74) is -1.29. The second-order valence-corrected chi connectivity index (χ2v) is 4.57. The van der Waals surface area contributed by atoms with Crippen LogP contribution < -0.4 is 15.4 Å². The molecular weight excluding hydrogens is 265 g/mol. The molecule has 0 aromatic carbocycles. The van der Waals surface area contributed by atoms with Crippen molar-refractivity contribution in [1.82, 2.24) is 4.98 Å². The lowest BCUT2D eigenvalue weighted by Gasteiger charge is -2.13. The van der Waals surface area contributed by atoms with E-state index in [1.54, 1.807) is 0 Å². The Bertz CT molecular complexity index is 590. The van der Waals surface area contributed by atoms with E-state index in [-0.39, 0.29) is 5.69 Å². The SMILES string of the molecule is Cc1[nH]c(=O)cc(S(N)(=O)=O)c1OC(F)(F)F. The number of nitrogens with one attached hydrogen (secondary N) is 1. The maximum atomic E-state index is 12.0. The summed E-state index contributed by atoms with van der Waals surface area (Å²) in [4.78, 5) is 11.9. The highest BCUT2D eigenvalue weighted by Gasteiger charge is 2.34. The third-order valence-corrected chi connectivity index (χ3v) is 2.58. The molecule has 0 atom stereocenters. The molecule has 96 valence electrons. The van der Waals surface area contributed by atoms with E-state index < -0.39 is 32.6 Å². The van der Waals surface area contributed by atoms with Crippen LogP contribution in [-0.4, -0.2) is 19.8 Å². The van der Waals surface area contributed by atoms with Crippen LogP contribution in [0.2, 0.25) is 0 Å². The Morgan fingerprint density at radius 1 is 1.41 bits per heavy atom. The number of aromatic amines is 1. The number of halogens is 3. The molecule has 0 saturated heterocycles. The minimum atomic E-state index is -5.09. The van der Waals surface area contributed by atoms with Gasteiger partial charge in [0.2, 0.25) is 15.6 Å². The maximum absolute atomic E-state index is 12.0. The van der Waals surface area contributed by atoms with Crippen molar-refractivity contribution in [3.05, 3.63) is 22.1 Å². The van der Waals surface area contributed by atoms with Crippen LogP contribution >= 0.6 is 0 Å². The lowest BCUT2D eigenvalue weighted by atomic mass is 10.3. The van der Waals surface area contributed by atoms with Gasteiger partial charge < -0.3 is 9.72 Å². The highest BCUT2D eigenvalue weighted by Crippen LogP contribution is 2.29. The molecule has 3 N–H and O–H groups in total. The maximum Gasteiger partial charge on any atom is 0.573 e. The van der Waals surface area contributed by atoms with Gasteiger partial charge in [-0.1, -0.05) is 0 Å². The lowest BCUT2D eigenvalue weighted by Crippen LogP contribution is -2.24. The number of hydrogen-bond donors (Lipinski definition) is 2. The van der Waals surface area contributed by atoms with Crippen molar-refractivity contribution < 1.29 is 26.3 Å². The van der Waals surface area contributed by atoms with Gasteiger partial charge in [0.1, 0.15) is 4.90 Å². The average molecular weight is 272 g/mol. The van der Waals surface area contributed by atoms with Gasteiger partial charge >= 0.3 is 6.36 Å². The van der Waals surface area contributed by atoms with Gasteiger partial charge in [-0.05, 0) is 6.92 Å². The van der Waals surface area contributed by atoms with Gasteiger partial charge in [0.05, 0.1) is 5.69 Å². The number of primary sulfonamides is 1. The zero-order valence-corrected chi connectivity index (χ0v) is 9.15. The largest absolute Gasteiger partial charge is 0.573 e. The summed E-state index contributed by atoms with van der Waals surface area (Å²) >= 11 is 0. The molecule has 1 aromatic rings. The number of sulfonamides is 1. The molecule has 1 aromatic heterocycles. The second-order valence-electron chi connectivity index (χ2n) is 3.04. The predicted octanol–water partition coefficient (Wildman–Crippen LogP) is 0.229. The number of ether oxygens (including phenoxy) is 1. The zero-order valence-electron chi connectivity index (χ0n) is 8.33. The first kappa shape index (κ1) is 13.5. The normalized spacial score (nSPS) is 12.5. The van der Waals surface area contributed by atoms with Crippen molar-refractivity contribution in [3.63, 3.8) is 0 Å². The lowest BCUT2D eigenvalue weighted by molar-refractivity contribution is -0.275. The van der Waals surface area contributed by atoms with Crippen molar-refractivity contribution in [3.8, 4) is 5.75 Å². The quantitative estimate of drug-likeness (QED) is 0.804. The first-order chi connectivity index (χ1) is 7.50. The third-order valence-electron chi connectivity index (χ3n) is 1.66. The van der Waals surface area contributed by atoms with Gasteiger partial charge in [-0.15, -0.1) is 13.2 Å². The summed E-state index contributed by atoms with van der Waals surface area (Å²) in [6, 6.07) is 0.420. The monoisotopic (exact) mass is 272 g/mol. The molecule has 0 spiro atoms. The molecule has 1 rings (SSSR count). The first-order valence-electron chi connectivity index (χ1n) is 4.03. The molecule has 17 heavy (non-hydrogen) atoms. The van der Waals surface area contributed by atoms with Crippen LogP contribution in [0.4, 0.5) is 13.2 Å². The summed E-state index contributed by atoms with van der Waals surface area (Å²) in [5.74, 6) is -1.04. The summed E-state index contributed by atoms with van der Waals surface area (Å²) in [5, 5.41) is 4.69. The van der Waals surface area contributed by atoms with Gasteiger partial charge in [0, 0.05) is 6.07 Å². The molecule has 6 nitrogen and oxygen atoms in total. The van der Waals surface area contributed by atoms with E-state index in [2.05, 4.69) is 9.88 Å². The zero-order chi connectivity index (χ0) is 13.4. The number of hydrogen-bond acceptors (Lipinski definition) is 4. The highest BCUT2D eigenvalue weighted by atomic mass is 32.2. The third kappa shape index (κ3) is 3.46. The molecule has 0 unspecified atom stereocenters. The van der Waals surface area contributed by atoms with Gasteiger partial charge in [0.25, 0.3) is 0 Å². The molecule has 0 bridgehead atoms. The molecule has 0 amide bonds. The van der Waals surface area contributed by atoms with Crippen molar-refractivity contribution >= 4 is 10.0 Å². The Morgan fingerprint density at radius 2 is 1.94 bits per heavy atom. The topological polar surface area (TPSA) is 102 Å². The fourth-order valence-corrected chi connectivity index (χ4v) is 1.83. The Balaban J connectivity index is 3.53. The number of alkyl halides is 3.